The summed E-state index contributed by atoms with van der Waals surface area (Å²) < 4.78 is 22.8. The van der Waals surface area contributed by atoms with Crippen molar-refractivity contribution in [3.05, 3.63) is 52.4 Å². The molecular formula is C25H24O9. The third-order valence-corrected chi connectivity index (χ3v) is 6.26. The van der Waals surface area contributed by atoms with Crippen molar-refractivity contribution < 1.29 is 39.1 Å². The Morgan fingerprint density at radius 1 is 0.912 bits per heavy atom. The van der Waals surface area contributed by atoms with Gasteiger partial charge in [0, 0.05) is 16.2 Å². The highest BCUT2D eigenvalue weighted by Crippen LogP contribution is 2.43. The molecule has 0 aliphatic carbocycles. The molecule has 3 aromatic carbocycles. The Morgan fingerprint density at radius 2 is 1.68 bits per heavy atom. The van der Waals surface area contributed by atoms with E-state index in [-0.39, 0.29) is 22.5 Å². The Morgan fingerprint density at radius 3 is 2.41 bits per heavy atom. The van der Waals surface area contributed by atoms with E-state index in [9.17, 15) is 25.2 Å². The molecule has 0 radical (unpaired) electrons. The SMILES string of the molecule is COc1cc(C)cc2c(=O)oc3c4cccc(O)c4c(OC4OC(C)C(O)C(O)C4O)cc3c12. The van der Waals surface area contributed by atoms with Crippen molar-refractivity contribution in [2.45, 2.75) is 44.6 Å². The number of fused-ring (bicyclic) bond motifs is 5. The van der Waals surface area contributed by atoms with Crippen molar-refractivity contribution >= 4 is 32.5 Å². The number of hydrogen-bond acceptors (Lipinski definition) is 9. The lowest BCUT2D eigenvalue weighted by atomic mass is 9.98. The Balaban J connectivity index is 1.82. The lowest BCUT2D eigenvalue weighted by Crippen LogP contribution is -2.58. The molecule has 1 fully saturated rings. The average molecular weight is 468 g/mol. The number of benzene rings is 3. The second-order valence-electron chi connectivity index (χ2n) is 8.53. The minimum Gasteiger partial charge on any atom is -0.507 e. The zero-order valence-corrected chi connectivity index (χ0v) is 18.7. The van der Waals surface area contributed by atoms with Crippen molar-refractivity contribution in [2.24, 2.45) is 0 Å². The minimum absolute atomic E-state index is 0.123. The van der Waals surface area contributed by atoms with Crippen LogP contribution in [0.4, 0.5) is 0 Å². The maximum Gasteiger partial charge on any atom is 0.344 e. The van der Waals surface area contributed by atoms with Gasteiger partial charge < -0.3 is 39.1 Å². The summed E-state index contributed by atoms with van der Waals surface area (Å²) in [4.78, 5) is 12.9. The number of hydrogen-bond donors (Lipinski definition) is 4. The number of aliphatic hydroxyl groups excluding tert-OH is 3. The summed E-state index contributed by atoms with van der Waals surface area (Å²) in [6.07, 6.45) is -6.48. The molecule has 1 saturated heterocycles. The maximum atomic E-state index is 12.9. The van der Waals surface area contributed by atoms with Crippen LogP contribution >= 0.6 is 0 Å². The molecule has 1 aromatic heterocycles. The van der Waals surface area contributed by atoms with Gasteiger partial charge in [0.05, 0.1) is 24.0 Å². The first-order valence-corrected chi connectivity index (χ1v) is 10.8. The summed E-state index contributed by atoms with van der Waals surface area (Å²) in [5, 5.41) is 43.2. The van der Waals surface area contributed by atoms with E-state index in [1.807, 2.05) is 6.92 Å². The molecule has 4 aromatic rings. The van der Waals surface area contributed by atoms with Crippen molar-refractivity contribution in [3.63, 3.8) is 0 Å². The summed E-state index contributed by atoms with van der Waals surface area (Å²) in [5.41, 5.74) is 0.484. The highest BCUT2D eigenvalue weighted by molar-refractivity contribution is 6.18. The zero-order valence-electron chi connectivity index (χ0n) is 18.7. The Bertz CT molecular complexity index is 1480. The molecule has 178 valence electrons. The van der Waals surface area contributed by atoms with Crippen LogP contribution in [0.1, 0.15) is 12.5 Å². The molecule has 5 atom stereocenters. The lowest BCUT2D eigenvalue weighted by molar-refractivity contribution is -0.267. The first-order chi connectivity index (χ1) is 16.2. The molecule has 4 N–H and O–H groups in total. The number of methoxy groups -OCH3 is 1. The predicted molar refractivity (Wildman–Crippen MR) is 123 cm³/mol. The zero-order chi connectivity index (χ0) is 24.3. The Labute approximate surface area is 193 Å². The average Bonchev–Trinajstić information content (AvgIpc) is 2.81. The second kappa shape index (κ2) is 8.14. The summed E-state index contributed by atoms with van der Waals surface area (Å²) in [7, 11) is 1.50. The molecule has 0 bridgehead atoms. The van der Waals surface area contributed by atoms with Gasteiger partial charge in [0.1, 0.15) is 41.1 Å². The number of aromatic hydroxyl groups is 1. The van der Waals surface area contributed by atoms with Crippen LogP contribution in [0.3, 0.4) is 0 Å². The third-order valence-electron chi connectivity index (χ3n) is 6.26. The number of rotatable bonds is 3. The molecule has 0 amide bonds. The van der Waals surface area contributed by atoms with Crippen LogP contribution in [0.5, 0.6) is 17.2 Å². The van der Waals surface area contributed by atoms with Crippen molar-refractivity contribution in [1.29, 1.82) is 0 Å². The number of aliphatic hydroxyl groups is 3. The van der Waals surface area contributed by atoms with Crippen molar-refractivity contribution in [2.75, 3.05) is 7.11 Å². The standard InChI is InChI=1S/C25H24O9/c1-10-7-14-18(16(8-10)31-3)13-9-17(33-25-22(29)21(28)20(27)11(2)32-25)19-12(5-4-6-15(19)26)23(13)34-24(14)30/h4-9,11,20-22,25-29H,1-3H3. The van der Waals surface area contributed by atoms with E-state index in [1.165, 1.54) is 13.2 Å². The van der Waals surface area contributed by atoms with Gasteiger partial charge in [0.25, 0.3) is 0 Å². The molecule has 9 nitrogen and oxygen atoms in total. The monoisotopic (exact) mass is 468 g/mol. The number of phenolic OH excluding ortho intramolecular Hbond substituents is 1. The highest BCUT2D eigenvalue weighted by Gasteiger charge is 2.43. The summed E-state index contributed by atoms with van der Waals surface area (Å²) >= 11 is 0. The van der Waals surface area contributed by atoms with Gasteiger partial charge in [-0.2, -0.15) is 0 Å². The van der Waals surface area contributed by atoms with Gasteiger partial charge in [-0.3, -0.25) is 0 Å². The number of ether oxygens (including phenoxy) is 3. The van der Waals surface area contributed by atoms with Gasteiger partial charge in [-0.15, -0.1) is 0 Å². The van der Waals surface area contributed by atoms with Crippen LogP contribution in [0, 0.1) is 6.92 Å². The fourth-order valence-electron chi connectivity index (χ4n) is 4.53. The van der Waals surface area contributed by atoms with Gasteiger partial charge >= 0.3 is 5.63 Å². The summed E-state index contributed by atoms with van der Waals surface area (Å²) in [5.74, 6) is 0.435. The Hall–Kier alpha value is -3.37. The molecule has 2 heterocycles. The predicted octanol–water partition coefficient (Wildman–Crippen LogP) is 2.33. The molecule has 9 heteroatoms. The van der Waals surface area contributed by atoms with E-state index < -0.39 is 36.3 Å². The van der Waals surface area contributed by atoms with Gasteiger partial charge in [-0.1, -0.05) is 12.1 Å². The quantitative estimate of drug-likeness (QED) is 0.263. The van der Waals surface area contributed by atoms with Gasteiger partial charge in [-0.05, 0) is 43.7 Å². The van der Waals surface area contributed by atoms with Crippen molar-refractivity contribution in [1.82, 2.24) is 0 Å². The maximum absolute atomic E-state index is 12.9. The fraction of sp³-hybridized carbons (Fsp3) is 0.320. The molecule has 1 aliphatic rings. The van der Waals surface area contributed by atoms with Crippen LogP contribution in [0.25, 0.3) is 32.5 Å². The molecule has 1 aliphatic heterocycles. The molecule has 0 saturated carbocycles. The smallest absolute Gasteiger partial charge is 0.344 e. The van der Waals surface area contributed by atoms with Crippen LogP contribution in [0.15, 0.2) is 45.6 Å². The molecule has 0 spiro atoms. The minimum atomic E-state index is -1.55. The topological polar surface area (TPSA) is 139 Å². The van der Waals surface area contributed by atoms with E-state index in [0.29, 0.717) is 27.3 Å². The van der Waals surface area contributed by atoms with E-state index in [1.54, 1.807) is 37.3 Å². The van der Waals surface area contributed by atoms with E-state index in [2.05, 4.69) is 0 Å². The summed E-state index contributed by atoms with van der Waals surface area (Å²) in [6, 6.07) is 9.78. The normalized spacial score (nSPS) is 25.2. The number of aryl methyl sites for hydroxylation is 1. The van der Waals surface area contributed by atoms with Crippen LogP contribution in [-0.2, 0) is 4.74 Å². The van der Waals surface area contributed by atoms with Crippen LogP contribution in [0.2, 0.25) is 0 Å². The van der Waals surface area contributed by atoms with Crippen molar-refractivity contribution in [3.8, 4) is 17.2 Å². The van der Waals surface area contributed by atoms with Gasteiger partial charge in [0.15, 0.2) is 0 Å². The van der Waals surface area contributed by atoms with E-state index >= 15 is 0 Å². The lowest BCUT2D eigenvalue weighted by Gasteiger charge is -2.39. The van der Waals surface area contributed by atoms with Gasteiger partial charge in [-0.25, -0.2) is 4.79 Å². The first-order valence-electron chi connectivity index (χ1n) is 10.8. The third kappa shape index (κ3) is 3.36. The van der Waals surface area contributed by atoms with E-state index in [4.69, 9.17) is 18.6 Å². The fourth-order valence-corrected chi connectivity index (χ4v) is 4.53. The molecule has 5 rings (SSSR count). The summed E-state index contributed by atoms with van der Waals surface area (Å²) in [6.45, 7) is 3.38. The van der Waals surface area contributed by atoms with Crippen LogP contribution in [-0.4, -0.2) is 58.2 Å². The van der Waals surface area contributed by atoms with Crippen LogP contribution < -0.4 is 15.1 Å². The molecular weight excluding hydrogens is 444 g/mol. The van der Waals surface area contributed by atoms with Gasteiger partial charge in [0.2, 0.25) is 6.29 Å². The Kier molecular flexibility index (Phi) is 5.37. The number of phenols is 1. The highest BCUT2D eigenvalue weighted by atomic mass is 16.7. The first kappa shape index (κ1) is 22.4. The molecule has 5 unspecified atom stereocenters. The second-order valence-corrected chi connectivity index (χ2v) is 8.53. The largest absolute Gasteiger partial charge is 0.507 e. The molecule has 34 heavy (non-hydrogen) atoms. The van der Waals surface area contributed by atoms with E-state index in [0.717, 1.165) is 5.56 Å².